The molecule has 0 saturated carbocycles. The number of nitrogens with zero attached hydrogens (tertiary/aromatic N) is 2. The zero-order chi connectivity index (χ0) is 14.2. The summed E-state index contributed by atoms with van der Waals surface area (Å²) < 4.78 is 51.1. The smallest absolute Gasteiger partial charge is 0.386 e. The molecule has 1 atom stereocenters. The maximum Gasteiger partial charge on any atom is 0.419 e. The second kappa shape index (κ2) is 4.64. The highest BCUT2D eigenvalue weighted by Gasteiger charge is 2.35. The second-order valence-corrected chi connectivity index (χ2v) is 4.37. The van der Waals surface area contributed by atoms with Crippen molar-refractivity contribution in [2.75, 3.05) is 0 Å². The Hall–Kier alpha value is -1.92. The van der Waals surface area contributed by atoms with E-state index in [1.54, 1.807) is 6.92 Å². The fraction of sp³-hybridized carbons (Fsp3) is 0.333. The number of alkyl halides is 3. The zero-order valence-electron chi connectivity index (χ0n) is 10.0. The molecule has 1 aliphatic rings. The predicted octanol–water partition coefficient (Wildman–Crippen LogP) is 2.95. The fourth-order valence-electron chi connectivity index (χ4n) is 1.91. The van der Waals surface area contributed by atoms with Crippen LogP contribution >= 0.6 is 0 Å². The molecule has 0 saturated heterocycles. The lowest BCUT2D eigenvalue weighted by Crippen LogP contribution is -2.25. The normalized spacial score (nSPS) is 19.9. The summed E-state index contributed by atoms with van der Waals surface area (Å²) >= 11 is 0. The molecule has 0 aliphatic carbocycles. The molecule has 0 spiro atoms. The minimum atomic E-state index is -4.74. The average molecular weight is 273 g/mol. The van der Waals surface area contributed by atoms with E-state index in [1.807, 2.05) is 0 Å². The van der Waals surface area contributed by atoms with Crippen LogP contribution < -0.4 is 5.73 Å². The Balaban J connectivity index is 2.48. The number of rotatable bonds is 1. The van der Waals surface area contributed by atoms with Gasteiger partial charge in [0.2, 0.25) is 0 Å². The number of hydrogen-bond acceptors (Lipinski definition) is 3. The van der Waals surface area contributed by atoms with Crippen LogP contribution in [0.1, 0.15) is 24.5 Å². The van der Waals surface area contributed by atoms with Crippen molar-refractivity contribution in [3.05, 3.63) is 35.1 Å². The van der Waals surface area contributed by atoms with Gasteiger partial charge in [-0.2, -0.15) is 18.3 Å². The molecule has 0 fully saturated rings. The van der Waals surface area contributed by atoms with Crippen LogP contribution in [0.15, 0.2) is 28.4 Å². The lowest BCUT2D eigenvalue weighted by atomic mass is 9.93. The molecule has 0 amide bonds. The Morgan fingerprint density at radius 1 is 1.26 bits per heavy atom. The molecule has 1 aromatic rings. The summed E-state index contributed by atoms with van der Waals surface area (Å²) in [4.78, 5) is 0. The second-order valence-electron chi connectivity index (χ2n) is 4.37. The van der Waals surface area contributed by atoms with Gasteiger partial charge in [-0.05, 0) is 17.7 Å². The van der Waals surface area contributed by atoms with Gasteiger partial charge < -0.3 is 5.73 Å². The van der Waals surface area contributed by atoms with Crippen molar-refractivity contribution in [2.24, 2.45) is 21.9 Å². The van der Waals surface area contributed by atoms with Crippen molar-refractivity contribution < 1.29 is 17.6 Å². The number of nitrogens with two attached hydrogens (primary N) is 1. The van der Waals surface area contributed by atoms with E-state index in [2.05, 4.69) is 10.2 Å². The van der Waals surface area contributed by atoms with E-state index in [9.17, 15) is 17.6 Å². The molecule has 1 aliphatic heterocycles. The van der Waals surface area contributed by atoms with Gasteiger partial charge >= 0.3 is 6.18 Å². The van der Waals surface area contributed by atoms with E-state index in [0.29, 0.717) is 18.0 Å². The van der Waals surface area contributed by atoms with Crippen LogP contribution in [0.2, 0.25) is 0 Å². The van der Waals surface area contributed by atoms with E-state index in [4.69, 9.17) is 5.73 Å². The molecule has 0 bridgehead atoms. The minimum Gasteiger partial charge on any atom is -0.386 e. The van der Waals surface area contributed by atoms with Crippen molar-refractivity contribution >= 4 is 11.5 Å². The van der Waals surface area contributed by atoms with Gasteiger partial charge in [0, 0.05) is 12.3 Å². The van der Waals surface area contributed by atoms with Crippen molar-refractivity contribution in [2.45, 2.75) is 19.5 Å². The molecular weight excluding hydrogens is 262 g/mol. The third kappa shape index (κ3) is 2.74. The first-order valence-electron chi connectivity index (χ1n) is 5.56. The first kappa shape index (κ1) is 13.5. The third-order valence-electron chi connectivity index (χ3n) is 2.84. The van der Waals surface area contributed by atoms with Gasteiger partial charge in [0.1, 0.15) is 11.7 Å². The van der Waals surface area contributed by atoms with Gasteiger partial charge in [-0.15, -0.1) is 5.10 Å². The fourth-order valence-corrected chi connectivity index (χ4v) is 1.91. The number of halogens is 4. The van der Waals surface area contributed by atoms with Gasteiger partial charge in [0.05, 0.1) is 11.3 Å². The van der Waals surface area contributed by atoms with Crippen molar-refractivity contribution in [1.29, 1.82) is 0 Å². The first-order chi connectivity index (χ1) is 8.79. The SMILES string of the molecule is CC1CC(N)=NN=C1c1ccc(F)c(C(F)(F)F)c1. The van der Waals surface area contributed by atoms with Gasteiger partial charge in [-0.1, -0.05) is 13.0 Å². The van der Waals surface area contributed by atoms with Crippen LogP contribution in [-0.4, -0.2) is 11.5 Å². The minimum absolute atomic E-state index is 0.163. The highest BCUT2D eigenvalue weighted by atomic mass is 19.4. The van der Waals surface area contributed by atoms with E-state index in [-0.39, 0.29) is 11.5 Å². The lowest BCUT2D eigenvalue weighted by Gasteiger charge is -2.18. The van der Waals surface area contributed by atoms with Gasteiger partial charge in [-0.3, -0.25) is 0 Å². The first-order valence-corrected chi connectivity index (χ1v) is 5.56. The summed E-state index contributed by atoms with van der Waals surface area (Å²) in [6.07, 6.45) is -4.32. The molecule has 1 heterocycles. The third-order valence-corrected chi connectivity index (χ3v) is 2.84. The summed E-state index contributed by atoms with van der Waals surface area (Å²) in [6, 6.07) is 2.80. The largest absolute Gasteiger partial charge is 0.419 e. The van der Waals surface area contributed by atoms with Crippen molar-refractivity contribution in [3.8, 4) is 0 Å². The van der Waals surface area contributed by atoms with Crippen LogP contribution in [0.5, 0.6) is 0 Å². The molecule has 2 rings (SSSR count). The molecule has 1 unspecified atom stereocenters. The highest BCUT2D eigenvalue weighted by molar-refractivity contribution is 6.05. The summed E-state index contributed by atoms with van der Waals surface area (Å²) in [7, 11) is 0. The molecule has 102 valence electrons. The Morgan fingerprint density at radius 3 is 2.53 bits per heavy atom. The van der Waals surface area contributed by atoms with Crippen molar-refractivity contribution in [1.82, 2.24) is 0 Å². The van der Waals surface area contributed by atoms with Gasteiger partial charge in [0.15, 0.2) is 0 Å². The van der Waals surface area contributed by atoms with Crippen LogP contribution in [0.25, 0.3) is 0 Å². The number of benzene rings is 1. The van der Waals surface area contributed by atoms with E-state index in [0.717, 1.165) is 12.1 Å². The van der Waals surface area contributed by atoms with E-state index in [1.165, 1.54) is 6.07 Å². The van der Waals surface area contributed by atoms with Crippen LogP contribution in [-0.2, 0) is 6.18 Å². The average Bonchev–Trinajstić information content (AvgIpc) is 2.29. The maximum absolute atomic E-state index is 13.2. The molecule has 2 N–H and O–H groups in total. The summed E-state index contributed by atoms with van der Waals surface area (Å²) in [5, 5.41) is 7.46. The monoisotopic (exact) mass is 273 g/mol. The Morgan fingerprint density at radius 2 is 1.95 bits per heavy atom. The van der Waals surface area contributed by atoms with Gasteiger partial charge in [-0.25, -0.2) is 4.39 Å². The number of hydrogen-bond donors (Lipinski definition) is 1. The Kier molecular flexibility index (Phi) is 3.30. The highest BCUT2D eigenvalue weighted by Crippen LogP contribution is 2.32. The molecule has 1 aromatic carbocycles. The van der Waals surface area contributed by atoms with Crippen LogP contribution in [0, 0.1) is 11.7 Å². The molecule has 0 aromatic heterocycles. The van der Waals surface area contributed by atoms with Crippen LogP contribution in [0.3, 0.4) is 0 Å². The maximum atomic E-state index is 13.2. The summed E-state index contributed by atoms with van der Waals surface area (Å²) in [5.41, 5.74) is 4.77. The molecule has 19 heavy (non-hydrogen) atoms. The van der Waals surface area contributed by atoms with E-state index >= 15 is 0 Å². The standard InChI is InChI=1S/C12H11F4N3/c1-6-4-10(17)18-19-11(6)7-2-3-9(13)8(5-7)12(14,15)16/h2-3,5-6H,4H2,1H3,(H2,17,18). The topological polar surface area (TPSA) is 50.7 Å². The Labute approximate surface area is 106 Å². The lowest BCUT2D eigenvalue weighted by molar-refractivity contribution is -0.140. The summed E-state index contributed by atoms with van der Waals surface area (Å²) in [6.45, 7) is 1.77. The molecule has 7 heteroatoms. The molecule has 0 radical (unpaired) electrons. The number of amidine groups is 1. The predicted molar refractivity (Wildman–Crippen MR) is 63.3 cm³/mol. The van der Waals surface area contributed by atoms with Crippen molar-refractivity contribution in [3.63, 3.8) is 0 Å². The van der Waals surface area contributed by atoms with Gasteiger partial charge in [0.25, 0.3) is 0 Å². The quantitative estimate of drug-likeness (QED) is 0.786. The van der Waals surface area contributed by atoms with Crippen LogP contribution in [0.4, 0.5) is 17.6 Å². The zero-order valence-corrected chi connectivity index (χ0v) is 10.0. The summed E-state index contributed by atoms with van der Waals surface area (Å²) in [5.74, 6) is -1.14. The molecule has 3 nitrogen and oxygen atoms in total. The Bertz CT molecular complexity index is 561. The van der Waals surface area contributed by atoms with E-state index < -0.39 is 17.6 Å². The molecular formula is C12H11F4N3.